The molecule has 0 saturated heterocycles. The van der Waals surface area contributed by atoms with E-state index < -0.39 is 0 Å². The average molecular weight is 385 g/mol. The highest BCUT2D eigenvalue weighted by atomic mass is 79.9. The topological polar surface area (TPSA) is 22.1 Å². The zero-order valence-electron chi connectivity index (χ0n) is 11.1. The molecule has 2 rings (SSSR count). The fourth-order valence-electron chi connectivity index (χ4n) is 1.75. The van der Waals surface area contributed by atoms with Crippen LogP contribution >= 0.6 is 31.9 Å². The Labute approximate surface area is 130 Å². The highest BCUT2D eigenvalue weighted by Crippen LogP contribution is 2.32. The molecule has 0 unspecified atom stereocenters. The smallest absolute Gasteiger partial charge is 0.219 e. The molecule has 0 fully saturated rings. The van der Waals surface area contributed by atoms with E-state index in [1.165, 1.54) is 0 Å². The Balaban J connectivity index is 2.35. The summed E-state index contributed by atoms with van der Waals surface area (Å²) in [5.41, 5.74) is 2.08. The summed E-state index contributed by atoms with van der Waals surface area (Å²) in [4.78, 5) is 4.41. The Morgan fingerprint density at radius 3 is 2.47 bits per heavy atom. The number of rotatable bonds is 3. The maximum Gasteiger partial charge on any atom is 0.219 e. The summed E-state index contributed by atoms with van der Waals surface area (Å²) in [6.07, 6.45) is 0. The summed E-state index contributed by atoms with van der Waals surface area (Å²) in [7, 11) is 0. The Bertz CT molecular complexity index is 597. The van der Waals surface area contributed by atoms with Crippen LogP contribution in [-0.4, -0.2) is 4.98 Å². The van der Waals surface area contributed by atoms with E-state index in [0.717, 1.165) is 26.0 Å². The lowest BCUT2D eigenvalue weighted by molar-refractivity contribution is 0.453. The molecule has 0 radical (unpaired) electrons. The first-order chi connectivity index (χ1) is 8.97. The fraction of sp³-hybridized carbons (Fsp3) is 0.267. The van der Waals surface area contributed by atoms with Crippen molar-refractivity contribution < 1.29 is 4.74 Å². The van der Waals surface area contributed by atoms with Crippen LogP contribution in [0.4, 0.5) is 0 Å². The van der Waals surface area contributed by atoms with Crippen LogP contribution < -0.4 is 4.74 Å². The predicted molar refractivity (Wildman–Crippen MR) is 85.0 cm³/mol. The molecule has 1 aromatic heterocycles. The number of hydrogen-bond acceptors (Lipinski definition) is 2. The van der Waals surface area contributed by atoms with E-state index in [-0.39, 0.29) is 0 Å². The highest BCUT2D eigenvalue weighted by molar-refractivity contribution is 9.10. The van der Waals surface area contributed by atoms with Gasteiger partial charge in [-0.2, -0.15) is 0 Å². The lowest BCUT2D eigenvalue weighted by atomic mass is 10.0. The Morgan fingerprint density at radius 2 is 1.84 bits per heavy atom. The first-order valence-corrected chi connectivity index (χ1v) is 7.66. The molecular formula is C15H15Br2NO. The van der Waals surface area contributed by atoms with Gasteiger partial charge in [-0.25, -0.2) is 4.98 Å². The van der Waals surface area contributed by atoms with E-state index in [0.29, 0.717) is 11.8 Å². The van der Waals surface area contributed by atoms with Crippen molar-refractivity contribution in [2.75, 3.05) is 0 Å². The number of nitrogens with zero attached hydrogens (tertiary/aromatic N) is 1. The second-order valence-electron chi connectivity index (χ2n) is 4.66. The number of halogens is 2. The van der Waals surface area contributed by atoms with E-state index in [1.54, 1.807) is 0 Å². The zero-order chi connectivity index (χ0) is 14.0. The van der Waals surface area contributed by atoms with Crippen molar-refractivity contribution in [3.05, 3.63) is 50.5 Å². The lowest BCUT2D eigenvalue weighted by Gasteiger charge is -2.14. The number of benzene rings is 1. The van der Waals surface area contributed by atoms with Gasteiger partial charge in [-0.3, -0.25) is 0 Å². The van der Waals surface area contributed by atoms with Crippen LogP contribution in [0.1, 0.15) is 31.0 Å². The molecule has 0 saturated carbocycles. The van der Waals surface area contributed by atoms with Gasteiger partial charge in [0, 0.05) is 15.0 Å². The van der Waals surface area contributed by atoms with Crippen molar-refractivity contribution in [1.29, 1.82) is 0 Å². The van der Waals surface area contributed by atoms with E-state index in [2.05, 4.69) is 56.8 Å². The molecule has 0 spiro atoms. The zero-order valence-corrected chi connectivity index (χ0v) is 14.2. The van der Waals surface area contributed by atoms with E-state index >= 15 is 0 Å². The molecular weight excluding hydrogens is 370 g/mol. The van der Waals surface area contributed by atoms with E-state index in [9.17, 15) is 0 Å². The Morgan fingerprint density at radius 1 is 1.11 bits per heavy atom. The molecule has 0 aliphatic rings. The van der Waals surface area contributed by atoms with Crippen LogP contribution in [-0.2, 0) is 0 Å². The van der Waals surface area contributed by atoms with Crippen LogP contribution in [0.25, 0.3) is 0 Å². The van der Waals surface area contributed by atoms with Gasteiger partial charge in [-0.15, -0.1) is 0 Å². The molecule has 0 bridgehead atoms. The highest BCUT2D eigenvalue weighted by Gasteiger charge is 2.10. The number of pyridine rings is 1. The summed E-state index contributed by atoms with van der Waals surface area (Å²) >= 11 is 6.93. The van der Waals surface area contributed by atoms with Crippen molar-refractivity contribution >= 4 is 31.9 Å². The first kappa shape index (κ1) is 14.5. The third kappa shape index (κ3) is 3.57. The summed E-state index contributed by atoms with van der Waals surface area (Å²) in [6.45, 7) is 6.24. The second-order valence-corrected chi connectivity index (χ2v) is 6.43. The molecule has 1 aromatic carbocycles. The van der Waals surface area contributed by atoms with Gasteiger partial charge in [0.2, 0.25) is 5.88 Å². The first-order valence-electron chi connectivity index (χ1n) is 6.08. The number of aromatic nitrogens is 1. The van der Waals surface area contributed by atoms with Crippen LogP contribution in [0, 0.1) is 6.92 Å². The maximum atomic E-state index is 5.91. The van der Waals surface area contributed by atoms with Gasteiger partial charge in [0.1, 0.15) is 5.75 Å². The van der Waals surface area contributed by atoms with Crippen molar-refractivity contribution in [3.8, 4) is 11.6 Å². The van der Waals surface area contributed by atoms with Gasteiger partial charge in [0.15, 0.2) is 0 Å². The van der Waals surface area contributed by atoms with Crippen molar-refractivity contribution in [1.82, 2.24) is 4.98 Å². The summed E-state index contributed by atoms with van der Waals surface area (Å²) in [6, 6.07) is 9.85. The summed E-state index contributed by atoms with van der Waals surface area (Å²) in [5, 5.41) is 0. The molecule has 0 aliphatic carbocycles. The predicted octanol–water partition coefficient (Wildman–Crippen LogP) is 5.83. The summed E-state index contributed by atoms with van der Waals surface area (Å²) < 4.78 is 7.95. The van der Waals surface area contributed by atoms with Gasteiger partial charge in [0.25, 0.3) is 0 Å². The molecule has 0 N–H and O–H groups in total. The minimum Gasteiger partial charge on any atom is -0.439 e. The number of aryl methyl sites for hydroxylation is 1. The number of ether oxygens (including phenoxy) is 1. The van der Waals surface area contributed by atoms with Gasteiger partial charge >= 0.3 is 0 Å². The van der Waals surface area contributed by atoms with Gasteiger partial charge in [-0.1, -0.05) is 29.8 Å². The van der Waals surface area contributed by atoms with Gasteiger partial charge in [-0.05, 0) is 58.6 Å². The third-order valence-corrected chi connectivity index (χ3v) is 4.14. The molecule has 0 atom stereocenters. The Kier molecular flexibility index (Phi) is 4.63. The summed E-state index contributed by atoms with van der Waals surface area (Å²) in [5.74, 6) is 1.86. The maximum absolute atomic E-state index is 5.91. The van der Waals surface area contributed by atoms with Crippen molar-refractivity contribution in [2.45, 2.75) is 26.7 Å². The largest absolute Gasteiger partial charge is 0.439 e. The molecule has 2 aromatic rings. The normalized spacial score (nSPS) is 10.8. The van der Waals surface area contributed by atoms with Crippen LogP contribution in [0.3, 0.4) is 0 Å². The van der Waals surface area contributed by atoms with E-state index in [1.807, 2.05) is 31.2 Å². The monoisotopic (exact) mass is 383 g/mol. The second kappa shape index (κ2) is 6.06. The average Bonchev–Trinajstić information content (AvgIpc) is 2.36. The minimum absolute atomic E-state index is 0.393. The molecule has 1 heterocycles. The Hall–Kier alpha value is -0.870. The molecule has 19 heavy (non-hydrogen) atoms. The lowest BCUT2D eigenvalue weighted by Crippen LogP contribution is -1.96. The molecule has 4 heteroatoms. The standard InChI is InChI=1S/C15H15Br2NO/c1-9(2)12-8-11(16)4-6-14(12)19-15-7-5-13(17)10(3)18-15/h4-9H,1-3H3. The molecule has 0 aliphatic heterocycles. The van der Waals surface area contributed by atoms with Crippen molar-refractivity contribution in [2.24, 2.45) is 0 Å². The van der Waals surface area contributed by atoms with Crippen LogP contribution in [0.2, 0.25) is 0 Å². The molecule has 0 amide bonds. The molecule has 2 nitrogen and oxygen atoms in total. The van der Waals surface area contributed by atoms with E-state index in [4.69, 9.17) is 4.74 Å². The quantitative estimate of drug-likeness (QED) is 0.663. The SMILES string of the molecule is Cc1nc(Oc2ccc(Br)cc2C(C)C)ccc1Br. The van der Waals surface area contributed by atoms with Gasteiger partial charge in [0.05, 0.1) is 5.69 Å². The number of hydrogen-bond donors (Lipinski definition) is 0. The fourth-order valence-corrected chi connectivity index (χ4v) is 2.35. The third-order valence-electron chi connectivity index (χ3n) is 2.80. The van der Waals surface area contributed by atoms with Gasteiger partial charge < -0.3 is 4.74 Å². The molecule has 100 valence electrons. The van der Waals surface area contributed by atoms with Crippen molar-refractivity contribution in [3.63, 3.8) is 0 Å². The van der Waals surface area contributed by atoms with Crippen LogP contribution in [0.15, 0.2) is 39.3 Å². The van der Waals surface area contributed by atoms with Crippen LogP contribution in [0.5, 0.6) is 11.6 Å². The minimum atomic E-state index is 0.393.